The molecule has 0 aromatic heterocycles. The Morgan fingerprint density at radius 2 is 1.54 bits per heavy atom. The molecule has 4 heteroatoms. The topological polar surface area (TPSA) is 24.5 Å². The number of likely N-dealkylation sites (tertiary alicyclic amines) is 1. The number of ether oxygens (including phenoxy) is 1. The van der Waals surface area contributed by atoms with Crippen molar-refractivity contribution in [3.8, 4) is 5.75 Å². The van der Waals surface area contributed by atoms with E-state index in [1.54, 1.807) is 0 Å². The van der Waals surface area contributed by atoms with Crippen molar-refractivity contribution >= 4 is 12.4 Å². The van der Waals surface area contributed by atoms with E-state index in [2.05, 4.69) is 46.6 Å². The highest BCUT2D eigenvalue weighted by molar-refractivity contribution is 5.85. The lowest BCUT2D eigenvalue weighted by atomic mass is 10.0. The first-order valence-electron chi connectivity index (χ1n) is 8.55. The number of fused-ring (bicyclic) bond motifs is 1. The van der Waals surface area contributed by atoms with Crippen LogP contribution in [-0.4, -0.2) is 31.1 Å². The lowest BCUT2D eigenvalue weighted by molar-refractivity contribution is 0.301. The van der Waals surface area contributed by atoms with Crippen molar-refractivity contribution in [1.82, 2.24) is 10.2 Å². The highest BCUT2D eigenvalue weighted by atomic mass is 35.5. The predicted molar refractivity (Wildman–Crippen MR) is 99.6 cm³/mol. The summed E-state index contributed by atoms with van der Waals surface area (Å²) in [6.45, 7) is 6.57. The number of nitrogens with zero attached hydrogens (tertiary/aromatic N) is 1. The van der Waals surface area contributed by atoms with Gasteiger partial charge in [-0.3, -0.25) is 4.90 Å². The molecule has 128 valence electrons. The summed E-state index contributed by atoms with van der Waals surface area (Å²) in [5.74, 6) is 2.67. The van der Waals surface area contributed by atoms with Crippen LogP contribution in [0.2, 0.25) is 0 Å². The number of hydrogen-bond donors (Lipinski definition) is 1. The minimum absolute atomic E-state index is 0. The van der Waals surface area contributed by atoms with E-state index in [4.69, 9.17) is 4.74 Å². The molecule has 0 aliphatic carbocycles. The molecule has 2 atom stereocenters. The lowest BCUT2D eigenvalue weighted by Gasteiger charge is -2.17. The van der Waals surface area contributed by atoms with Crippen molar-refractivity contribution in [2.24, 2.45) is 11.8 Å². The highest BCUT2D eigenvalue weighted by Gasteiger charge is 2.35. The zero-order chi connectivity index (χ0) is 15.5. The van der Waals surface area contributed by atoms with E-state index in [1.807, 2.05) is 18.2 Å². The van der Waals surface area contributed by atoms with Crippen molar-refractivity contribution in [2.45, 2.75) is 13.2 Å². The van der Waals surface area contributed by atoms with Gasteiger partial charge in [-0.2, -0.15) is 0 Å². The summed E-state index contributed by atoms with van der Waals surface area (Å²) in [6, 6.07) is 18.9. The third-order valence-electron chi connectivity index (χ3n) is 5.04. The van der Waals surface area contributed by atoms with Crippen molar-refractivity contribution in [1.29, 1.82) is 0 Å². The predicted octanol–water partition coefficient (Wildman–Crippen LogP) is 3.34. The molecular formula is C20H25ClN2O. The Labute approximate surface area is 150 Å². The summed E-state index contributed by atoms with van der Waals surface area (Å²) in [7, 11) is 0. The maximum Gasteiger partial charge on any atom is 0.119 e. The summed E-state index contributed by atoms with van der Waals surface area (Å²) >= 11 is 0. The molecule has 2 aromatic carbocycles. The first-order chi connectivity index (χ1) is 11.4. The number of nitrogens with one attached hydrogen (secondary N) is 1. The summed E-state index contributed by atoms with van der Waals surface area (Å²) < 4.78 is 5.86. The van der Waals surface area contributed by atoms with E-state index < -0.39 is 0 Å². The fourth-order valence-corrected chi connectivity index (χ4v) is 3.77. The van der Waals surface area contributed by atoms with Crippen LogP contribution < -0.4 is 10.1 Å². The van der Waals surface area contributed by atoms with Gasteiger partial charge in [-0.25, -0.2) is 0 Å². The van der Waals surface area contributed by atoms with Gasteiger partial charge >= 0.3 is 0 Å². The van der Waals surface area contributed by atoms with Gasteiger partial charge in [0.2, 0.25) is 0 Å². The van der Waals surface area contributed by atoms with E-state index in [1.165, 1.54) is 37.3 Å². The molecule has 2 aromatic rings. The molecule has 0 saturated carbocycles. The molecule has 2 aliphatic rings. The standard InChI is InChI=1S/C20H24N2O.ClH/c1-2-4-17(5-3-1)15-23-20-8-6-16(7-9-20)12-22-13-18-10-21-11-19(18)14-22;/h1-9,18-19,21H,10-15H2;1H/t18-,19+;. The second-order valence-electron chi connectivity index (χ2n) is 6.79. The van der Waals surface area contributed by atoms with Crippen LogP contribution in [-0.2, 0) is 13.2 Å². The van der Waals surface area contributed by atoms with Gasteiger partial charge in [0.25, 0.3) is 0 Å². The van der Waals surface area contributed by atoms with Crippen molar-refractivity contribution < 1.29 is 4.74 Å². The Hall–Kier alpha value is -1.55. The lowest BCUT2D eigenvalue weighted by Crippen LogP contribution is -2.25. The Balaban J connectivity index is 0.00000169. The first kappa shape index (κ1) is 17.3. The van der Waals surface area contributed by atoms with Crippen molar-refractivity contribution in [3.63, 3.8) is 0 Å². The molecule has 0 radical (unpaired) electrons. The Morgan fingerprint density at radius 3 is 2.21 bits per heavy atom. The molecule has 0 spiro atoms. The minimum atomic E-state index is 0. The van der Waals surface area contributed by atoms with Gasteiger partial charge in [-0.15, -0.1) is 12.4 Å². The summed E-state index contributed by atoms with van der Waals surface area (Å²) in [5.41, 5.74) is 2.58. The second kappa shape index (κ2) is 8.02. The first-order valence-corrected chi connectivity index (χ1v) is 8.55. The van der Waals surface area contributed by atoms with E-state index in [9.17, 15) is 0 Å². The van der Waals surface area contributed by atoms with E-state index >= 15 is 0 Å². The van der Waals surface area contributed by atoms with Crippen molar-refractivity contribution in [2.75, 3.05) is 26.2 Å². The Bertz CT molecular complexity index is 620. The van der Waals surface area contributed by atoms with Crippen LogP contribution in [0.15, 0.2) is 54.6 Å². The summed E-state index contributed by atoms with van der Waals surface area (Å²) in [6.07, 6.45) is 0. The third-order valence-corrected chi connectivity index (χ3v) is 5.04. The summed E-state index contributed by atoms with van der Waals surface area (Å²) in [5, 5.41) is 3.50. The zero-order valence-electron chi connectivity index (χ0n) is 13.9. The number of rotatable bonds is 5. The molecule has 2 heterocycles. The number of hydrogen-bond acceptors (Lipinski definition) is 3. The molecule has 2 saturated heterocycles. The maximum absolute atomic E-state index is 5.86. The SMILES string of the molecule is Cl.c1ccc(COc2ccc(CN3C[C@H]4CNC[C@H]4C3)cc2)cc1. The van der Waals surface area contributed by atoms with Gasteiger partial charge in [-0.05, 0) is 48.2 Å². The number of benzene rings is 2. The van der Waals surface area contributed by atoms with Crippen LogP contribution in [0.3, 0.4) is 0 Å². The Morgan fingerprint density at radius 1 is 0.875 bits per heavy atom. The average Bonchev–Trinajstić information content (AvgIpc) is 3.17. The molecule has 2 aliphatic heterocycles. The fourth-order valence-electron chi connectivity index (χ4n) is 3.77. The smallest absolute Gasteiger partial charge is 0.119 e. The maximum atomic E-state index is 5.86. The quantitative estimate of drug-likeness (QED) is 0.900. The highest BCUT2D eigenvalue weighted by Crippen LogP contribution is 2.27. The van der Waals surface area contributed by atoms with Crippen LogP contribution in [0, 0.1) is 11.8 Å². The normalized spacial score (nSPS) is 22.8. The molecule has 3 nitrogen and oxygen atoms in total. The van der Waals surface area contributed by atoms with Crippen LogP contribution in [0.4, 0.5) is 0 Å². The van der Waals surface area contributed by atoms with E-state index in [0.717, 1.165) is 24.1 Å². The second-order valence-corrected chi connectivity index (χ2v) is 6.79. The van der Waals surface area contributed by atoms with Crippen LogP contribution in [0.5, 0.6) is 5.75 Å². The van der Waals surface area contributed by atoms with Gasteiger partial charge in [0.1, 0.15) is 12.4 Å². The minimum Gasteiger partial charge on any atom is -0.489 e. The molecule has 4 rings (SSSR count). The number of halogens is 1. The third kappa shape index (κ3) is 4.10. The fraction of sp³-hybridized carbons (Fsp3) is 0.400. The average molecular weight is 345 g/mol. The summed E-state index contributed by atoms with van der Waals surface area (Å²) in [4.78, 5) is 2.59. The van der Waals surface area contributed by atoms with Crippen LogP contribution >= 0.6 is 12.4 Å². The molecule has 0 amide bonds. The monoisotopic (exact) mass is 344 g/mol. The van der Waals surface area contributed by atoms with Gasteiger partial charge < -0.3 is 10.1 Å². The van der Waals surface area contributed by atoms with Crippen LogP contribution in [0.1, 0.15) is 11.1 Å². The van der Waals surface area contributed by atoms with E-state index in [-0.39, 0.29) is 12.4 Å². The van der Waals surface area contributed by atoms with Gasteiger partial charge in [0, 0.05) is 19.6 Å². The largest absolute Gasteiger partial charge is 0.489 e. The van der Waals surface area contributed by atoms with Gasteiger partial charge in [0.15, 0.2) is 0 Å². The van der Waals surface area contributed by atoms with Crippen LogP contribution in [0.25, 0.3) is 0 Å². The Kier molecular flexibility index (Phi) is 5.77. The molecule has 24 heavy (non-hydrogen) atoms. The molecule has 1 N–H and O–H groups in total. The van der Waals surface area contributed by atoms with Gasteiger partial charge in [0.05, 0.1) is 0 Å². The van der Waals surface area contributed by atoms with E-state index in [0.29, 0.717) is 6.61 Å². The van der Waals surface area contributed by atoms with Crippen molar-refractivity contribution in [3.05, 3.63) is 65.7 Å². The molecule has 0 bridgehead atoms. The zero-order valence-corrected chi connectivity index (χ0v) is 14.7. The molecular weight excluding hydrogens is 320 g/mol. The van der Waals surface area contributed by atoms with Gasteiger partial charge in [-0.1, -0.05) is 42.5 Å². The molecule has 0 unspecified atom stereocenters. The molecule has 2 fully saturated rings.